The minimum Gasteiger partial charge on any atom is -0.378 e. The van der Waals surface area contributed by atoms with Gasteiger partial charge in [0.1, 0.15) is 5.15 Å². The predicted molar refractivity (Wildman–Crippen MR) is 97.5 cm³/mol. The van der Waals surface area contributed by atoms with Crippen molar-refractivity contribution in [3.8, 4) is 0 Å². The molecule has 2 aromatic rings. The summed E-state index contributed by atoms with van der Waals surface area (Å²) < 4.78 is 7.02. The molecule has 0 bridgehead atoms. The SMILES string of the molecule is Cc1nn(Cc2ccc(Cl)cc2Cl)c(Cl)c1C=NN1CCOCC1. The van der Waals surface area contributed by atoms with Gasteiger partial charge in [-0.05, 0) is 24.6 Å². The van der Waals surface area contributed by atoms with Crippen molar-refractivity contribution in [2.75, 3.05) is 26.3 Å². The molecule has 0 amide bonds. The second-order valence-electron chi connectivity index (χ2n) is 5.49. The van der Waals surface area contributed by atoms with Crippen LogP contribution in [0.2, 0.25) is 15.2 Å². The summed E-state index contributed by atoms with van der Waals surface area (Å²) in [6.07, 6.45) is 1.76. The number of halogens is 3. The van der Waals surface area contributed by atoms with E-state index in [0.717, 1.165) is 29.9 Å². The Bertz CT molecular complexity index is 754. The van der Waals surface area contributed by atoms with Gasteiger partial charge >= 0.3 is 0 Å². The normalized spacial score (nSPS) is 15.4. The summed E-state index contributed by atoms with van der Waals surface area (Å²) >= 11 is 18.6. The van der Waals surface area contributed by atoms with Crippen LogP contribution in [0.3, 0.4) is 0 Å². The first-order chi connectivity index (χ1) is 11.5. The molecule has 0 aliphatic carbocycles. The Kier molecular flexibility index (Phi) is 5.66. The van der Waals surface area contributed by atoms with Crippen LogP contribution in [0.15, 0.2) is 23.3 Å². The van der Waals surface area contributed by atoms with Crippen molar-refractivity contribution in [3.05, 3.63) is 50.2 Å². The first kappa shape index (κ1) is 17.5. The van der Waals surface area contributed by atoms with Crippen molar-refractivity contribution >= 4 is 41.0 Å². The molecule has 24 heavy (non-hydrogen) atoms. The van der Waals surface area contributed by atoms with Crippen LogP contribution in [-0.2, 0) is 11.3 Å². The van der Waals surface area contributed by atoms with E-state index in [1.54, 1.807) is 23.0 Å². The molecule has 3 rings (SSSR count). The molecule has 0 spiro atoms. The van der Waals surface area contributed by atoms with Crippen LogP contribution in [0.4, 0.5) is 0 Å². The highest BCUT2D eigenvalue weighted by molar-refractivity contribution is 6.35. The van der Waals surface area contributed by atoms with E-state index >= 15 is 0 Å². The number of aromatic nitrogens is 2. The summed E-state index contributed by atoms with van der Waals surface area (Å²) in [7, 11) is 0. The third kappa shape index (κ3) is 4.03. The van der Waals surface area contributed by atoms with E-state index in [1.807, 2.05) is 18.0 Å². The summed E-state index contributed by atoms with van der Waals surface area (Å²) in [5.74, 6) is 0. The number of aryl methyl sites for hydroxylation is 1. The Hall–Kier alpha value is -1.27. The van der Waals surface area contributed by atoms with Crippen LogP contribution in [-0.4, -0.2) is 47.3 Å². The van der Waals surface area contributed by atoms with Crippen molar-refractivity contribution in [1.82, 2.24) is 14.8 Å². The maximum Gasteiger partial charge on any atom is 0.136 e. The average Bonchev–Trinajstić information content (AvgIpc) is 2.83. The van der Waals surface area contributed by atoms with Gasteiger partial charge in [0.05, 0.1) is 50.3 Å². The number of hydrogen-bond acceptors (Lipinski definition) is 4. The van der Waals surface area contributed by atoms with Gasteiger partial charge < -0.3 is 4.74 Å². The molecule has 1 aromatic carbocycles. The van der Waals surface area contributed by atoms with Gasteiger partial charge in [0.15, 0.2) is 0 Å². The van der Waals surface area contributed by atoms with Gasteiger partial charge in [-0.25, -0.2) is 4.68 Å². The maximum absolute atomic E-state index is 6.48. The largest absolute Gasteiger partial charge is 0.378 e. The van der Waals surface area contributed by atoms with Crippen molar-refractivity contribution < 1.29 is 4.74 Å². The van der Waals surface area contributed by atoms with Crippen molar-refractivity contribution in [2.24, 2.45) is 5.10 Å². The monoisotopic (exact) mass is 386 g/mol. The molecule has 0 atom stereocenters. The first-order valence-corrected chi connectivity index (χ1v) is 8.71. The van der Waals surface area contributed by atoms with Crippen LogP contribution in [0.25, 0.3) is 0 Å². The highest BCUT2D eigenvalue weighted by atomic mass is 35.5. The van der Waals surface area contributed by atoms with E-state index in [1.165, 1.54) is 0 Å². The molecule has 1 aliphatic rings. The lowest BCUT2D eigenvalue weighted by atomic mass is 10.2. The fraction of sp³-hybridized carbons (Fsp3) is 0.375. The molecule has 0 unspecified atom stereocenters. The highest BCUT2D eigenvalue weighted by Gasteiger charge is 2.14. The minimum atomic E-state index is 0.473. The number of rotatable bonds is 4. The summed E-state index contributed by atoms with van der Waals surface area (Å²) in [4.78, 5) is 0. The van der Waals surface area contributed by atoms with E-state index < -0.39 is 0 Å². The lowest BCUT2D eigenvalue weighted by Gasteiger charge is -2.23. The molecule has 8 heteroatoms. The number of ether oxygens (including phenoxy) is 1. The molecule has 0 radical (unpaired) electrons. The van der Waals surface area contributed by atoms with Crippen LogP contribution in [0.1, 0.15) is 16.8 Å². The first-order valence-electron chi connectivity index (χ1n) is 7.58. The van der Waals surface area contributed by atoms with Gasteiger partial charge in [-0.2, -0.15) is 10.2 Å². The van der Waals surface area contributed by atoms with Gasteiger partial charge in [0, 0.05) is 10.0 Å². The van der Waals surface area contributed by atoms with Crippen LogP contribution >= 0.6 is 34.8 Å². The van der Waals surface area contributed by atoms with Crippen molar-refractivity contribution in [2.45, 2.75) is 13.5 Å². The lowest BCUT2D eigenvalue weighted by molar-refractivity contribution is 0.0397. The quantitative estimate of drug-likeness (QED) is 0.748. The third-order valence-corrected chi connectivity index (χ3v) is 4.77. The summed E-state index contributed by atoms with van der Waals surface area (Å²) in [5, 5.41) is 12.7. The maximum atomic E-state index is 6.48. The predicted octanol–water partition coefficient (Wildman–Crippen LogP) is 3.87. The lowest BCUT2D eigenvalue weighted by Crippen LogP contribution is -2.32. The molecule has 128 valence electrons. The van der Waals surface area contributed by atoms with E-state index in [4.69, 9.17) is 39.5 Å². The van der Waals surface area contributed by atoms with Crippen LogP contribution in [0.5, 0.6) is 0 Å². The molecule has 0 N–H and O–H groups in total. The van der Waals surface area contributed by atoms with Crippen LogP contribution in [0, 0.1) is 6.92 Å². The van der Waals surface area contributed by atoms with E-state index in [-0.39, 0.29) is 0 Å². The third-order valence-electron chi connectivity index (χ3n) is 3.78. The second kappa shape index (κ2) is 7.74. The zero-order chi connectivity index (χ0) is 17.1. The van der Waals surface area contributed by atoms with Crippen molar-refractivity contribution in [1.29, 1.82) is 0 Å². The van der Waals surface area contributed by atoms with Crippen LogP contribution < -0.4 is 0 Å². The minimum absolute atomic E-state index is 0.473. The Labute approximate surface area is 155 Å². The average molecular weight is 388 g/mol. The molecule has 2 heterocycles. The second-order valence-corrected chi connectivity index (χ2v) is 6.70. The Morgan fingerprint density at radius 3 is 2.71 bits per heavy atom. The fourth-order valence-electron chi connectivity index (χ4n) is 2.44. The molecule has 0 saturated carbocycles. The molecule has 1 saturated heterocycles. The Morgan fingerprint density at radius 1 is 1.25 bits per heavy atom. The molecule has 1 fully saturated rings. The fourth-order valence-corrected chi connectivity index (χ4v) is 3.19. The summed E-state index contributed by atoms with van der Waals surface area (Å²) in [6, 6.07) is 5.39. The number of nitrogens with zero attached hydrogens (tertiary/aromatic N) is 4. The zero-order valence-corrected chi connectivity index (χ0v) is 15.4. The summed E-state index contributed by atoms with van der Waals surface area (Å²) in [5.41, 5.74) is 2.54. The molecular formula is C16H17Cl3N4O. The molecule has 1 aliphatic heterocycles. The van der Waals surface area contributed by atoms with E-state index in [9.17, 15) is 0 Å². The van der Waals surface area contributed by atoms with Gasteiger partial charge in [0.25, 0.3) is 0 Å². The smallest absolute Gasteiger partial charge is 0.136 e. The Balaban J connectivity index is 1.79. The zero-order valence-electron chi connectivity index (χ0n) is 13.2. The number of benzene rings is 1. The van der Waals surface area contributed by atoms with Gasteiger partial charge in [-0.15, -0.1) is 0 Å². The van der Waals surface area contributed by atoms with Gasteiger partial charge in [-0.3, -0.25) is 5.01 Å². The highest BCUT2D eigenvalue weighted by Crippen LogP contribution is 2.24. The topological polar surface area (TPSA) is 42.7 Å². The molecule has 5 nitrogen and oxygen atoms in total. The van der Waals surface area contributed by atoms with E-state index in [0.29, 0.717) is 35.0 Å². The number of hydrogen-bond donors (Lipinski definition) is 0. The molecular weight excluding hydrogens is 371 g/mol. The van der Waals surface area contributed by atoms with E-state index in [2.05, 4.69) is 10.2 Å². The Morgan fingerprint density at radius 2 is 2.00 bits per heavy atom. The number of morpholine rings is 1. The van der Waals surface area contributed by atoms with Gasteiger partial charge in [0.2, 0.25) is 0 Å². The van der Waals surface area contributed by atoms with Crippen molar-refractivity contribution in [3.63, 3.8) is 0 Å². The molecule has 1 aromatic heterocycles. The summed E-state index contributed by atoms with van der Waals surface area (Å²) in [6.45, 7) is 5.33. The standard InChI is InChI=1S/C16H17Cl3N4O/c1-11-14(9-20-22-4-6-24-7-5-22)16(19)23(21-11)10-12-2-3-13(17)8-15(12)18/h2-3,8-9H,4-7,10H2,1H3. The van der Waals surface area contributed by atoms with Gasteiger partial charge in [-0.1, -0.05) is 40.9 Å². The number of hydrazone groups is 1.